The Morgan fingerprint density at radius 1 is 1.04 bits per heavy atom. The number of hydrogen-bond acceptors (Lipinski definition) is 4. The molecule has 6 nitrogen and oxygen atoms in total. The lowest BCUT2D eigenvalue weighted by Crippen LogP contribution is -2.41. The van der Waals surface area contributed by atoms with Crippen molar-refractivity contribution < 1.29 is 14.3 Å². The summed E-state index contributed by atoms with van der Waals surface area (Å²) in [5.41, 5.74) is 9.24. The van der Waals surface area contributed by atoms with E-state index in [1.807, 2.05) is 53.4 Å². The van der Waals surface area contributed by atoms with Crippen LogP contribution in [0.1, 0.15) is 17.5 Å². The Balaban J connectivity index is 0.00000280. The summed E-state index contributed by atoms with van der Waals surface area (Å²) in [7, 11) is 0. The van der Waals surface area contributed by atoms with Crippen molar-refractivity contribution in [1.29, 1.82) is 0 Å². The number of nitrogens with two attached hydrogens (primary N) is 1. The number of nitrogens with zero attached hydrogens (tertiary/aromatic N) is 1. The normalized spacial score (nSPS) is 13.5. The molecule has 0 aromatic heterocycles. The molecule has 1 aliphatic rings. The smallest absolute Gasteiger partial charge is 0.227 e. The van der Waals surface area contributed by atoms with E-state index in [1.54, 1.807) is 0 Å². The molecule has 0 radical (unpaired) electrons. The van der Waals surface area contributed by atoms with Crippen LogP contribution in [0.15, 0.2) is 48.5 Å². The highest BCUT2D eigenvalue weighted by molar-refractivity contribution is 5.91. The van der Waals surface area contributed by atoms with Gasteiger partial charge in [0.25, 0.3) is 0 Å². The molecule has 2 aromatic rings. The molecule has 3 N–H and O–H groups in total. The highest BCUT2D eigenvalue weighted by Crippen LogP contribution is 2.15. The van der Waals surface area contributed by atoms with Crippen LogP contribution >= 0.6 is 12.4 Å². The van der Waals surface area contributed by atoms with Crippen molar-refractivity contribution >= 4 is 35.6 Å². The van der Waals surface area contributed by atoms with Crippen molar-refractivity contribution in [3.63, 3.8) is 0 Å². The summed E-state index contributed by atoms with van der Waals surface area (Å²) in [6.45, 7) is 2.51. The van der Waals surface area contributed by atoms with Gasteiger partial charge in [-0.05, 0) is 35.7 Å². The van der Waals surface area contributed by atoms with Gasteiger partial charge in [-0.25, -0.2) is 0 Å². The summed E-state index contributed by atoms with van der Waals surface area (Å²) >= 11 is 0. The van der Waals surface area contributed by atoms with E-state index in [1.165, 1.54) is 0 Å². The Hall–Kier alpha value is -2.57. The van der Waals surface area contributed by atoms with Crippen molar-refractivity contribution in [2.24, 2.45) is 0 Å². The van der Waals surface area contributed by atoms with Gasteiger partial charge in [-0.3, -0.25) is 9.59 Å². The molecule has 0 spiro atoms. The first kappa shape index (κ1) is 21.7. The molecule has 0 atom stereocenters. The number of anilines is 2. The maximum absolute atomic E-state index is 12.3. The summed E-state index contributed by atoms with van der Waals surface area (Å²) in [5, 5.41) is 2.88. The molecule has 1 saturated heterocycles. The number of aryl methyl sites for hydroxylation is 1. The van der Waals surface area contributed by atoms with E-state index in [9.17, 15) is 9.59 Å². The molecule has 1 heterocycles. The topological polar surface area (TPSA) is 84.7 Å². The molecule has 2 amide bonds. The Kier molecular flexibility index (Phi) is 8.29. The zero-order chi connectivity index (χ0) is 19.1. The number of carbonyl (C=O) groups excluding carboxylic acids is 2. The molecular weight excluding hydrogens is 378 g/mol. The van der Waals surface area contributed by atoms with Gasteiger partial charge in [0.05, 0.1) is 19.6 Å². The summed E-state index contributed by atoms with van der Waals surface area (Å²) in [4.78, 5) is 26.2. The number of morpholine rings is 1. The number of para-hydroxylation sites is 1. The van der Waals surface area contributed by atoms with Crippen LogP contribution in [0.4, 0.5) is 11.4 Å². The van der Waals surface area contributed by atoms with Crippen LogP contribution in [0.5, 0.6) is 0 Å². The third-order valence-electron chi connectivity index (χ3n) is 4.63. The van der Waals surface area contributed by atoms with Crippen LogP contribution in [0, 0.1) is 0 Å². The van der Waals surface area contributed by atoms with Crippen LogP contribution in [0.25, 0.3) is 0 Å². The second-order valence-corrected chi connectivity index (χ2v) is 6.61. The number of rotatable bonds is 6. The van der Waals surface area contributed by atoms with E-state index in [-0.39, 0.29) is 24.2 Å². The summed E-state index contributed by atoms with van der Waals surface area (Å²) < 4.78 is 5.27. The van der Waals surface area contributed by atoms with E-state index in [0.717, 1.165) is 16.8 Å². The summed E-state index contributed by atoms with van der Waals surface area (Å²) in [6, 6.07) is 15.0. The maximum Gasteiger partial charge on any atom is 0.227 e. The highest BCUT2D eigenvalue weighted by Gasteiger charge is 2.16. The quantitative estimate of drug-likeness (QED) is 0.726. The molecule has 1 aliphatic heterocycles. The number of nitrogens with one attached hydrogen (secondary N) is 1. The van der Waals surface area contributed by atoms with Crippen LogP contribution in [-0.4, -0.2) is 43.0 Å². The average molecular weight is 404 g/mol. The number of nitrogen functional groups attached to an aromatic ring is 1. The zero-order valence-corrected chi connectivity index (χ0v) is 16.5. The fourth-order valence-electron chi connectivity index (χ4n) is 3.04. The predicted octanol–water partition coefficient (Wildman–Crippen LogP) is 2.66. The Morgan fingerprint density at radius 3 is 2.39 bits per heavy atom. The van der Waals surface area contributed by atoms with E-state index in [0.29, 0.717) is 51.3 Å². The Labute approximate surface area is 171 Å². The van der Waals surface area contributed by atoms with Crippen molar-refractivity contribution in [2.75, 3.05) is 37.4 Å². The first-order valence-corrected chi connectivity index (χ1v) is 9.19. The second kappa shape index (κ2) is 10.7. The summed E-state index contributed by atoms with van der Waals surface area (Å²) in [6.07, 6.45) is 1.33. The monoisotopic (exact) mass is 403 g/mol. The molecule has 2 aromatic carbocycles. The van der Waals surface area contributed by atoms with Crippen LogP contribution in [-0.2, 0) is 27.2 Å². The van der Waals surface area contributed by atoms with Gasteiger partial charge in [-0.1, -0.05) is 30.3 Å². The minimum absolute atomic E-state index is 0. The van der Waals surface area contributed by atoms with Gasteiger partial charge in [-0.15, -0.1) is 12.4 Å². The van der Waals surface area contributed by atoms with Crippen LogP contribution in [0.3, 0.4) is 0 Å². The van der Waals surface area contributed by atoms with Crippen molar-refractivity contribution in [1.82, 2.24) is 4.90 Å². The number of hydrogen-bond donors (Lipinski definition) is 2. The lowest BCUT2D eigenvalue weighted by Gasteiger charge is -2.26. The molecule has 3 rings (SSSR count). The van der Waals surface area contributed by atoms with Crippen molar-refractivity contribution in [3.8, 4) is 0 Å². The van der Waals surface area contributed by atoms with E-state index in [2.05, 4.69) is 5.32 Å². The van der Waals surface area contributed by atoms with Gasteiger partial charge in [0.2, 0.25) is 11.8 Å². The number of benzene rings is 2. The number of carbonyl (C=O) groups is 2. The van der Waals surface area contributed by atoms with E-state index >= 15 is 0 Å². The second-order valence-electron chi connectivity index (χ2n) is 6.61. The number of ether oxygens (including phenoxy) is 1. The summed E-state index contributed by atoms with van der Waals surface area (Å²) in [5.74, 6) is 0.0472. The van der Waals surface area contributed by atoms with Crippen molar-refractivity contribution in [2.45, 2.75) is 19.3 Å². The van der Waals surface area contributed by atoms with Gasteiger partial charge in [-0.2, -0.15) is 0 Å². The highest BCUT2D eigenvalue weighted by atomic mass is 35.5. The molecule has 0 bridgehead atoms. The standard InChI is InChI=1S/C21H25N3O3.ClH/c22-19-4-2-1-3-17(19)7-10-20(25)23-18-8-5-16(6-9-18)15-21(26)24-11-13-27-14-12-24;/h1-6,8-9H,7,10-15,22H2,(H,23,25);1H. The molecule has 1 fully saturated rings. The molecule has 0 aliphatic carbocycles. The lowest BCUT2D eigenvalue weighted by molar-refractivity contribution is -0.134. The van der Waals surface area contributed by atoms with Crippen molar-refractivity contribution in [3.05, 3.63) is 59.7 Å². The van der Waals surface area contributed by atoms with E-state index in [4.69, 9.17) is 10.5 Å². The molecule has 150 valence electrons. The average Bonchev–Trinajstić information content (AvgIpc) is 2.69. The fourth-order valence-corrected chi connectivity index (χ4v) is 3.04. The number of halogens is 1. The maximum atomic E-state index is 12.3. The van der Waals surface area contributed by atoms with Gasteiger partial charge in [0, 0.05) is 30.9 Å². The largest absolute Gasteiger partial charge is 0.399 e. The SMILES string of the molecule is Cl.Nc1ccccc1CCC(=O)Nc1ccc(CC(=O)N2CCOCC2)cc1. The zero-order valence-electron chi connectivity index (χ0n) is 15.7. The number of amides is 2. The molecule has 0 saturated carbocycles. The van der Waals surface area contributed by atoms with E-state index < -0.39 is 0 Å². The van der Waals surface area contributed by atoms with Gasteiger partial charge < -0.3 is 20.7 Å². The molecule has 28 heavy (non-hydrogen) atoms. The first-order chi connectivity index (χ1) is 13.1. The van der Waals surface area contributed by atoms with Crippen LogP contribution in [0.2, 0.25) is 0 Å². The molecule has 0 unspecified atom stereocenters. The Bertz CT molecular complexity index is 790. The minimum Gasteiger partial charge on any atom is -0.399 e. The Morgan fingerprint density at radius 2 is 1.71 bits per heavy atom. The van der Waals surface area contributed by atoms with Gasteiger partial charge >= 0.3 is 0 Å². The first-order valence-electron chi connectivity index (χ1n) is 9.19. The third-order valence-corrected chi connectivity index (χ3v) is 4.63. The minimum atomic E-state index is -0.0598. The van der Waals surface area contributed by atoms with Gasteiger partial charge in [0.1, 0.15) is 0 Å². The molecular formula is C21H26ClN3O3. The van der Waals surface area contributed by atoms with Gasteiger partial charge in [0.15, 0.2) is 0 Å². The fraction of sp³-hybridized carbons (Fsp3) is 0.333. The van der Waals surface area contributed by atoms with Crippen LogP contribution < -0.4 is 11.1 Å². The molecule has 7 heteroatoms. The predicted molar refractivity (Wildman–Crippen MR) is 113 cm³/mol. The third kappa shape index (κ3) is 6.25. The lowest BCUT2D eigenvalue weighted by atomic mass is 10.1.